The van der Waals surface area contributed by atoms with E-state index >= 15 is 0 Å². The number of benzene rings is 1. The fraction of sp³-hybridized carbons (Fsp3) is 0.200. The van der Waals surface area contributed by atoms with E-state index in [0.717, 1.165) is 16.8 Å². The lowest BCUT2D eigenvalue weighted by Crippen LogP contribution is -2.08. The standard InChI is InChI=1S/C10H10N2S/c1-7-4-3-5-8(2)10(7)12-9(13)6-11/h3-5H,1-2H3,(H,12,13). The molecule has 0 aliphatic carbocycles. The summed E-state index contributed by atoms with van der Waals surface area (Å²) in [6, 6.07) is 7.83. The fourth-order valence-corrected chi connectivity index (χ4v) is 1.26. The largest absolute Gasteiger partial charge is 0.337 e. The number of nitrogens with zero attached hydrogens (tertiary/aromatic N) is 1. The van der Waals surface area contributed by atoms with Crippen molar-refractivity contribution < 1.29 is 0 Å². The molecule has 0 amide bonds. The highest BCUT2D eigenvalue weighted by Gasteiger charge is 2.02. The van der Waals surface area contributed by atoms with Crippen molar-refractivity contribution in [2.75, 3.05) is 5.32 Å². The number of thiocarbonyl (C=S) groups is 1. The summed E-state index contributed by atoms with van der Waals surface area (Å²) in [6.07, 6.45) is 0. The van der Waals surface area contributed by atoms with E-state index in [2.05, 4.69) is 5.32 Å². The molecule has 0 aromatic heterocycles. The molecule has 0 spiro atoms. The number of aryl methyl sites for hydroxylation is 2. The van der Waals surface area contributed by atoms with E-state index in [4.69, 9.17) is 17.5 Å². The van der Waals surface area contributed by atoms with Crippen LogP contribution in [-0.4, -0.2) is 4.99 Å². The van der Waals surface area contributed by atoms with E-state index in [1.54, 1.807) is 0 Å². The molecular weight excluding hydrogens is 180 g/mol. The Morgan fingerprint density at radius 3 is 2.38 bits per heavy atom. The highest BCUT2D eigenvalue weighted by Crippen LogP contribution is 2.19. The molecule has 0 aliphatic heterocycles. The van der Waals surface area contributed by atoms with Gasteiger partial charge in [0.15, 0.2) is 4.99 Å². The van der Waals surface area contributed by atoms with Gasteiger partial charge in [0, 0.05) is 5.69 Å². The Morgan fingerprint density at radius 2 is 1.92 bits per heavy atom. The van der Waals surface area contributed by atoms with Gasteiger partial charge in [-0.3, -0.25) is 0 Å². The molecular formula is C10H10N2S. The minimum absolute atomic E-state index is 0.206. The quantitative estimate of drug-likeness (QED) is 0.691. The topological polar surface area (TPSA) is 35.8 Å². The van der Waals surface area contributed by atoms with E-state index in [0.29, 0.717) is 0 Å². The van der Waals surface area contributed by atoms with Crippen molar-refractivity contribution in [2.24, 2.45) is 0 Å². The predicted molar refractivity (Wildman–Crippen MR) is 57.7 cm³/mol. The lowest BCUT2D eigenvalue weighted by Gasteiger charge is -2.09. The molecule has 3 heteroatoms. The van der Waals surface area contributed by atoms with Gasteiger partial charge in [-0.05, 0) is 37.2 Å². The predicted octanol–water partition coefficient (Wildman–Crippen LogP) is 2.57. The second kappa shape index (κ2) is 4.01. The number of rotatable bonds is 1. The average Bonchev–Trinajstić information content (AvgIpc) is 2.11. The molecule has 66 valence electrons. The summed E-state index contributed by atoms with van der Waals surface area (Å²) in [7, 11) is 0. The Balaban J connectivity index is 3.01. The summed E-state index contributed by atoms with van der Waals surface area (Å²) in [6.45, 7) is 3.96. The second-order valence-corrected chi connectivity index (χ2v) is 3.24. The van der Waals surface area contributed by atoms with Crippen molar-refractivity contribution in [3.05, 3.63) is 29.3 Å². The van der Waals surface area contributed by atoms with Crippen LogP contribution in [0.4, 0.5) is 5.69 Å². The van der Waals surface area contributed by atoms with E-state index in [-0.39, 0.29) is 4.99 Å². The van der Waals surface area contributed by atoms with E-state index in [1.165, 1.54) is 0 Å². The van der Waals surface area contributed by atoms with E-state index in [1.807, 2.05) is 38.1 Å². The van der Waals surface area contributed by atoms with Crippen molar-refractivity contribution in [3.8, 4) is 6.07 Å². The first-order chi connectivity index (χ1) is 6.15. The molecule has 0 aliphatic rings. The summed E-state index contributed by atoms with van der Waals surface area (Å²) in [5.74, 6) is 0. The van der Waals surface area contributed by atoms with Gasteiger partial charge >= 0.3 is 0 Å². The first-order valence-electron chi connectivity index (χ1n) is 3.92. The van der Waals surface area contributed by atoms with Crippen LogP contribution in [0.3, 0.4) is 0 Å². The molecule has 0 saturated heterocycles. The third-order valence-electron chi connectivity index (χ3n) is 1.82. The van der Waals surface area contributed by atoms with Crippen LogP contribution in [0, 0.1) is 25.2 Å². The van der Waals surface area contributed by atoms with Crippen LogP contribution in [0.25, 0.3) is 0 Å². The SMILES string of the molecule is Cc1cccc(C)c1NC(=S)C#N. The molecule has 1 rings (SSSR count). The van der Waals surface area contributed by atoms with Gasteiger partial charge in [-0.25, -0.2) is 0 Å². The fourth-order valence-electron chi connectivity index (χ4n) is 1.15. The van der Waals surface area contributed by atoms with Gasteiger partial charge in [0.2, 0.25) is 0 Å². The molecule has 0 heterocycles. The average molecular weight is 190 g/mol. The minimum Gasteiger partial charge on any atom is -0.337 e. The molecule has 0 bridgehead atoms. The summed E-state index contributed by atoms with van der Waals surface area (Å²) < 4.78 is 0. The normalized spacial score (nSPS) is 9.00. The maximum atomic E-state index is 8.52. The zero-order valence-corrected chi connectivity index (χ0v) is 8.40. The highest BCUT2D eigenvalue weighted by molar-refractivity contribution is 7.81. The van der Waals surface area contributed by atoms with Crippen LogP contribution in [0.5, 0.6) is 0 Å². The minimum atomic E-state index is 0.206. The Kier molecular flexibility index (Phi) is 2.99. The van der Waals surface area contributed by atoms with Crippen LogP contribution >= 0.6 is 12.2 Å². The molecule has 0 unspecified atom stereocenters. The molecule has 0 radical (unpaired) electrons. The molecule has 13 heavy (non-hydrogen) atoms. The first-order valence-corrected chi connectivity index (χ1v) is 4.33. The van der Waals surface area contributed by atoms with Crippen molar-refractivity contribution in [1.82, 2.24) is 0 Å². The van der Waals surface area contributed by atoms with Gasteiger partial charge < -0.3 is 5.32 Å². The van der Waals surface area contributed by atoms with Gasteiger partial charge in [0.05, 0.1) is 0 Å². The molecule has 0 atom stereocenters. The molecule has 0 saturated carbocycles. The summed E-state index contributed by atoms with van der Waals surface area (Å²) in [4.78, 5) is 0.206. The van der Waals surface area contributed by atoms with Crippen LogP contribution in [0.15, 0.2) is 18.2 Å². The molecule has 0 fully saturated rings. The number of hydrogen-bond acceptors (Lipinski definition) is 2. The Hall–Kier alpha value is -1.40. The van der Waals surface area contributed by atoms with Crippen molar-refractivity contribution >= 4 is 22.9 Å². The molecule has 2 nitrogen and oxygen atoms in total. The number of anilines is 1. The molecule has 1 aromatic rings. The van der Waals surface area contributed by atoms with Crippen molar-refractivity contribution in [2.45, 2.75) is 13.8 Å². The Morgan fingerprint density at radius 1 is 1.38 bits per heavy atom. The van der Waals surface area contributed by atoms with Gasteiger partial charge in [-0.15, -0.1) is 0 Å². The van der Waals surface area contributed by atoms with E-state index < -0.39 is 0 Å². The summed E-state index contributed by atoms with van der Waals surface area (Å²) in [5.41, 5.74) is 3.13. The molecule has 1 aromatic carbocycles. The number of nitrogens with one attached hydrogen (secondary N) is 1. The Bertz CT molecular complexity index is 357. The van der Waals surface area contributed by atoms with Gasteiger partial charge in [0.25, 0.3) is 0 Å². The summed E-state index contributed by atoms with van der Waals surface area (Å²) in [5, 5.41) is 11.4. The zero-order chi connectivity index (χ0) is 9.84. The van der Waals surface area contributed by atoms with E-state index in [9.17, 15) is 0 Å². The van der Waals surface area contributed by atoms with Gasteiger partial charge in [-0.1, -0.05) is 18.2 Å². The maximum absolute atomic E-state index is 8.52. The third-order valence-corrected chi connectivity index (χ3v) is 2.01. The second-order valence-electron chi connectivity index (χ2n) is 2.83. The monoisotopic (exact) mass is 190 g/mol. The van der Waals surface area contributed by atoms with Gasteiger partial charge in [-0.2, -0.15) is 5.26 Å². The highest BCUT2D eigenvalue weighted by atomic mass is 32.1. The van der Waals surface area contributed by atoms with Crippen LogP contribution in [0.2, 0.25) is 0 Å². The first kappa shape index (κ1) is 9.69. The van der Waals surface area contributed by atoms with Crippen molar-refractivity contribution in [3.63, 3.8) is 0 Å². The third kappa shape index (κ3) is 2.27. The van der Waals surface area contributed by atoms with Crippen molar-refractivity contribution in [1.29, 1.82) is 5.26 Å². The lowest BCUT2D eigenvalue weighted by molar-refractivity contribution is 1.38. The number of para-hydroxylation sites is 1. The van der Waals surface area contributed by atoms with Crippen LogP contribution < -0.4 is 5.32 Å². The lowest BCUT2D eigenvalue weighted by atomic mass is 10.1. The number of hydrogen-bond donors (Lipinski definition) is 1. The smallest absolute Gasteiger partial charge is 0.182 e. The maximum Gasteiger partial charge on any atom is 0.182 e. The Labute approximate surface area is 83.2 Å². The number of nitriles is 1. The molecule has 1 N–H and O–H groups in total. The summed E-state index contributed by atoms with van der Waals surface area (Å²) >= 11 is 4.78. The van der Waals surface area contributed by atoms with Crippen LogP contribution in [-0.2, 0) is 0 Å². The van der Waals surface area contributed by atoms with Gasteiger partial charge in [0.1, 0.15) is 6.07 Å². The van der Waals surface area contributed by atoms with Crippen LogP contribution in [0.1, 0.15) is 11.1 Å². The zero-order valence-electron chi connectivity index (χ0n) is 7.59.